The highest BCUT2D eigenvalue weighted by Gasteiger charge is 2.27. The minimum absolute atomic E-state index is 0.0759. The van der Waals surface area contributed by atoms with Gasteiger partial charge in [-0.3, -0.25) is 0 Å². The Labute approximate surface area is 127 Å². The van der Waals surface area contributed by atoms with Crippen LogP contribution in [0.5, 0.6) is 0 Å². The molecule has 122 valence electrons. The minimum Gasteiger partial charge on any atom is -0.321 e. The zero-order chi connectivity index (χ0) is 16.2. The number of rotatable bonds is 2. The predicted octanol–water partition coefficient (Wildman–Crippen LogP) is 3.01. The first kappa shape index (κ1) is 16.6. The Hall–Kier alpha value is -1.76. The van der Waals surface area contributed by atoms with Crippen LogP contribution in [0.3, 0.4) is 0 Å². The molecule has 0 saturated carbocycles. The van der Waals surface area contributed by atoms with E-state index in [0.29, 0.717) is 12.2 Å². The van der Waals surface area contributed by atoms with Gasteiger partial charge < -0.3 is 15.5 Å². The van der Waals surface area contributed by atoms with Crippen molar-refractivity contribution >= 4 is 11.7 Å². The monoisotopic (exact) mass is 315 g/mol. The molecule has 1 aliphatic rings. The van der Waals surface area contributed by atoms with Crippen molar-refractivity contribution < 1.29 is 18.0 Å². The molecule has 22 heavy (non-hydrogen) atoms. The smallest absolute Gasteiger partial charge is 0.321 e. The van der Waals surface area contributed by atoms with Crippen LogP contribution in [0, 0.1) is 0 Å². The first-order valence-corrected chi connectivity index (χ1v) is 7.29. The molecule has 1 heterocycles. The fourth-order valence-corrected chi connectivity index (χ4v) is 2.45. The summed E-state index contributed by atoms with van der Waals surface area (Å²) in [5.41, 5.74) is 0.679. The molecule has 0 radical (unpaired) electrons. The third-order valence-corrected chi connectivity index (χ3v) is 3.60. The molecule has 2 amide bonds. The largest absolute Gasteiger partial charge is 0.393 e. The van der Waals surface area contributed by atoms with Gasteiger partial charge in [0.05, 0.1) is 6.42 Å². The molecule has 7 heteroatoms. The molecule has 0 bridgehead atoms. The van der Waals surface area contributed by atoms with Crippen LogP contribution >= 0.6 is 0 Å². The van der Waals surface area contributed by atoms with Gasteiger partial charge in [0.25, 0.3) is 0 Å². The Morgan fingerprint density at radius 1 is 1.36 bits per heavy atom. The number of hydrogen-bond donors (Lipinski definition) is 2. The normalized spacial score (nSPS) is 19.6. The van der Waals surface area contributed by atoms with Gasteiger partial charge in [-0.25, -0.2) is 4.79 Å². The Morgan fingerprint density at radius 2 is 2.05 bits per heavy atom. The summed E-state index contributed by atoms with van der Waals surface area (Å²) >= 11 is 0. The van der Waals surface area contributed by atoms with E-state index in [-0.39, 0.29) is 17.6 Å². The highest BCUT2D eigenvalue weighted by molar-refractivity contribution is 5.89. The highest BCUT2D eigenvalue weighted by Crippen LogP contribution is 2.22. The van der Waals surface area contributed by atoms with Crippen LogP contribution in [-0.2, 0) is 6.42 Å². The number of amides is 2. The van der Waals surface area contributed by atoms with Gasteiger partial charge in [0.1, 0.15) is 0 Å². The molecule has 0 aromatic heterocycles. The second-order valence-electron chi connectivity index (χ2n) is 5.52. The lowest BCUT2D eigenvalue weighted by atomic mass is 10.1. The van der Waals surface area contributed by atoms with Crippen molar-refractivity contribution in [1.29, 1.82) is 0 Å². The SMILES string of the molecule is C[C@@H]1CNCCCN1C(=O)Nc1ccc(CC(F)(F)F)cc1. The van der Waals surface area contributed by atoms with E-state index < -0.39 is 12.6 Å². The molecular weight excluding hydrogens is 295 g/mol. The van der Waals surface area contributed by atoms with Crippen molar-refractivity contribution in [2.45, 2.75) is 32.0 Å². The van der Waals surface area contributed by atoms with Crippen LogP contribution in [0.4, 0.5) is 23.7 Å². The molecule has 2 N–H and O–H groups in total. The minimum atomic E-state index is -4.22. The van der Waals surface area contributed by atoms with Crippen LogP contribution in [-0.4, -0.2) is 42.8 Å². The molecule has 0 spiro atoms. The van der Waals surface area contributed by atoms with Gasteiger partial charge >= 0.3 is 12.2 Å². The van der Waals surface area contributed by atoms with Crippen LogP contribution < -0.4 is 10.6 Å². The first-order valence-electron chi connectivity index (χ1n) is 7.29. The Balaban J connectivity index is 1.96. The predicted molar refractivity (Wildman–Crippen MR) is 78.9 cm³/mol. The standard InChI is InChI=1S/C15H20F3N3O/c1-11-10-19-7-2-8-21(11)14(22)20-13-5-3-12(4-6-13)9-15(16,17)18/h3-6,11,19H,2,7-10H2,1H3,(H,20,22)/t11-/m1/s1. The van der Waals surface area contributed by atoms with Crippen LogP contribution in [0.1, 0.15) is 18.9 Å². The maximum Gasteiger partial charge on any atom is 0.393 e. The molecule has 4 nitrogen and oxygen atoms in total. The zero-order valence-electron chi connectivity index (χ0n) is 12.4. The molecule has 1 saturated heterocycles. The van der Waals surface area contributed by atoms with E-state index in [1.807, 2.05) is 6.92 Å². The van der Waals surface area contributed by atoms with Crippen molar-refractivity contribution in [1.82, 2.24) is 10.2 Å². The van der Waals surface area contributed by atoms with Crippen molar-refractivity contribution in [3.05, 3.63) is 29.8 Å². The Kier molecular flexibility index (Phi) is 5.28. The summed E-state index contributed by atoms with van der Waals surface area (Å²) in [7, 11) is 0. The molecule has 1 aromatic carbocycles. The van der Waals surface area contributed by atoms with Crippen molar-refractivity contribution in [3.63, 3.8) is 0 Å². The molecule has 0 aliphatic carbocycles. The third-order valence-electron chi connectivity index (χ3n) is 3.60. The summed E-state index contributed by atoms with van der Waals surface area (Å²) in [5, 5.41) is 5.98. The molecule has 1 aliphatic heterocycles. The number of urea groups is 1. The zero-order valence-corrected chi connectivity index (χ0v) is 12.4. The van der Waals surface area contributed by atoms with E-state index in [0.717, 1.165) is 19.5 Å². The maximum absolute atomic E-state index is 12.3. The summed E-state index contributed by atoms with van der Waals surface area (Å²) < 4.78 is 36.9. The molecule has 1 atom stereocenters. The Morgan fingerprint density at radius 3 is 2.68 bits per heavy atom. The first-order chi connectivity index (χ1) is 10.3. The number of alkyl halides is 3. The summed E-state index contributed by atoms with van der Waals surface area (Å²) in [6.07, 6.45) is -4.31. The van der Waals surface area contributed by atoms with Crippen molar-refractivity contribution in [3.8, 4) is 0 Å². The number of benzene rings is 1. The van der Waals surface area contributed by atoms with E-state index in [2.05, 4.69) is 10.6 Å². The number of anilines is 1. The number of carbonyl (C=O) groups is 1. The quantitative estimate of drug-likeness (QED) is 0.881. The van der Waals surface area contributed by atoms with E-state index in [9.17, 15) is 18.0 Å². The summed E-state index contributed by atoms with van der Waals surface area (Å²) in [6, 6.07) is 5.62. The van der Waals surface area contributed by atoms with Gasteiger partial charge in [-0.05, 0) is 37.6 Å². The van der Waals surface area contributed by atoms with Crippen molar-refractivity contribution in [2.24, 2.45) is 0 Å². The Bertz CT molecular complexity index is 502. The fourth-order valence-electron chi connectivity index (χ4n) is 2.45. The van der Waals surface area contributed by atoms with E-state index in [1.54, 1.807) is 4.90 Å². The molecule has 2 rings (SSSR count). The van der Waals surface area contributed by atoms with Crippen LogP contribution in [0.15, 0.2) is 24.3 Å². The summed E-state index contributed by atoms with van der Waals surface area (Å²) in [4.78, 5) is 14.0. The summed E-state index contributed by atoms with van der Waals surface area (Å²) in [6.45, 7) is 4.23. The highest BCUT2D eigenvalue weighted by atomic mass is 19.4. The van der Waals surface area contributed by atoms with Gasteiger partial charge in [-0.2, -0.15) is 13.2 Å². The van der Waals surface area contributed by atoms with Gasteiger partial charge in [0.2, 0.25) is 0 Å². The van der Waals surface area contributed by atoms with Gasteiger partial charge in [0, 0.05) is 24.8 Å². The van der Waals surface area contributed by atoms with E-state index in [4.69, 9.17) is 0 Å². The maximum atomic E-state index is 12.3. The fraction of sp³-hybridized carbons (Fsp3) is 0.533. The molecule has 0 unspecified atom stereocenters. The lowest BCUT2D eigenvalue weighted by Crippen LogP contribution is -2.43. The van der Waals surface area contributed by atoms with Gasteiger partial charge in [-0.1, -0.05) is 12.1 Å². The molecule has 1 aromatic rings. The lowest BCUT2D eigenvalue weighted by molar-refractivity contribution is -0.127. The van der Waals surface area contributed by atoms with Gasteiger partial charge in [0.15, 0.2) is 0 Å². The second kappa shape index (κ2) is 7.00. The average molecular weight is 315 g/mol. The molecular formula is C15H20F3N3O. The second-order valence-corrected chi connectivity index (χ2v) is 5.52. The number of nitrogens with zero attached hydrogens (tertiary/aromatic N) is 1. The number of hydrogen-bond acceptors (Lipinski definition) is 2. The van der Waals surface area contributed by atoms with Crippen LogP contribution in [0.2, 0.25) is 0 Å². The van der Waals surface area contributed by atoms with Gasteiger partial charge in [-0.15, -0.1) is 0 Å². The topological polar surface area (TPSA) is 44.4 Å². The van der Waals surface area contributed by atoms with E-state index >= 15 is 0 Å². The van der Waals surface area contributed by atoms with Crippen molar-refractivity contribution in [2.75, 3.05) is 25.0 Å². The lowest BCUT2D eigenvalue weighted by Gasteiger charge is -2.27. The van der Waals surface area contributed by atoms with Crippen LogP contribution in [0.25, 0.3) is 0 Å². The average Bonchev–Trinajstić information content (AvgIpc) is 2.64. The molecule has 1 fully saturated rings. The number of carbonyl (C=O) groups excluding carboxylic acids is 1. The summed E-state index contributed by atoms with van der Waals surface area (Å²) in [5.74, 6) is 0. The number of halogens is 3. The van der Waals surface area contributed by atoms with E-state index in [1.165, 1.54) is 24.3 Å². The number of nitrogens with one attached hydrogen (secondary N) is 2. The third kappa shape index (κ3) is 4.91.